The Labute approximate surface area is 327 Å². The van der Waals surface area contributed by atoms with Crippen LogP contribution in [0.3, 0.4) is 0 Å². The van der Waals surface area contributed by atoms with E-state index < -0.39 is 41.8 Å². The molecule has 49 heavy (non-hydrogen) atoms. The quantitative estimate of drug-likeness (QED) is 0.0970. The van der Waals surface area contributed by atoms with Crippen LogP contribution in [0.25, 0.3) is 0 Å². The summed E-state index contributed by atoms with van der Waals surface area (Å²) in [6.45, 7) is 12.2. The van der Waals surface area contributed by atoms with E-state index in [-0.39, 0.29) is 81.7 Å². The lowest BCUT2D eigenvalue weighted by molar-refractivity contribution is -0.137. The normalized spacial score (nSPS) is 13.4. The van der Waals surface area contributed by atoms with E-state index in [0.717, 1.165) is 0 Å². The fraction of sp³-hybridized carbons (Fsp3) is 0.750. The highest BCUT2D eigenvalue weighted by Gasteiger charge is 2.02. The lowest BCUT2D eigenvalue weighted by Crippen LogP contribution is -2.01. The number of aliphatic carboxylic acids is 7. The Morgan fingerprint density at radius 3 is 0.347 bits per heavy atom. The van der Waals surface area contributed by atoms with Crippen LogP contribution in [0.5, 0.6) is 0 Å². The molecule has 0 aromatic carbocycles. The van der Waals surface area contributed by atoms with Crippen LogP contribution in [0, 0.1) is 0 Å². The second-order valence-electron chi connectivity index (χ2n) is 10.1. The molecule has 7 atom stereocenters. The van der Waals surface area contributed by atoms with Gasteiger partial charge < -0.3 is 35.7 Å². The molecule has 21 heteroatoms. The number of carboxylic acid groups (broad SMARTS) is 7. The maximum Gasteiger partial charge on any atom is 0.304 e. The van der Waals surface area contributed by atoms with Gasteiger partial charge in [-0.3, -0.25) is 33.6 Å². The van der Waals surface area contributed by atoms with Gasteiger partial charge in [-0.05, 0) is 0 Å². The molecule has 0 rings (SSSR count). The van der Waals surface area contributed by atoms with E-state index in [4.69, 9.17) is 35.7 Å². The Kier molecular flexibility index (Phi) is 55.0. The Morgan fingerprint density at radius 2 is 0.347 bits per heavy atom. The van der Waals surface area contributed by atoms with Crippen molar-refractivity contribution in [3.8, 4) is 0 Å². The number of carboxylic acids is 7. The van der Waals surface area contributed by atoms with Gasteiger partial charge in [-0.25, -0.2) is 0 Å². The van der Waals surface area contributed by atoms with Crippen LogP contribution in [-0.4, -0.2) is 114 Å². The fourth-order valence-corrected chi connectivity index (χ4v) is 2.86. The number of thiol groups is 7. The molecule has 0 bridgehead atoms. The van der Waals surface area contributed by atoms with Gasteiger partial charge in [0, 0.05) is 36.7 Å². The minimum absolute atomic E-state index is 0.0301. The third kappa shape index (κ3) is 131. The number of hydrogen-bond acceptors (Lipinski definition) is 14. The van der Waals surface area contributed by atoms with Crippen LogP contribution in [0.4, 0.5) is 0 Å². The highest BCUT2D eigenvalue weighted by Crippen LogP contribution is 2.00. The third-order valence-electron chi connectivity index (χ3n) is 3.29. The maximum atomic E-state index is 9.76. The zero-order chi connectivity index (χ0) is 41.0. The van der Waals surface area contributed by atoms with Crippen molar-refractivity contribution in [2.45, 2.75) is 130 Å². The first-order valence-electron chi connectivity index (χ1n) is 14.2. The van der Waals surface area contributed by atoms with E-state index >= 15 is 0 Å². The number of rotatable bonds is 14. The van der Waals surface area contributed by atoms with E-state index in [1.54, 1.807) is 48.5 Å². The summed E-state index contributed by atoms with van der Waals surface area (Å²) in [7, 11) is 0. The molecule has 0 spiro atoms. The van der Waals surface area contributed by atoms with Crippen molar-refractivity contribution < 1.29 is 69.3 Å². The molecule has 0 saturated carbocycles. The first-order valence-corrected chi connectivity index (χ1v) is 17.8. The molecule has 0 saturated heterocycles. The molecular formula is C28H56O14S7. The van der Waals surface area contributed by atoms with Gasteiger partial charge in [0.2, 0.25) is 0 Å². The number of carbonyl (C=O) groups is 7. The molecule has 0 heterocycles. The Balaban J connectivity index is -0.0000000840. The molecule has 0 aliphatic rings. The predicted molar refractivity (Wildman–Crippen MR) is 215 cm³/mol. The number of hydrogen-bond donors (Lipinski definition) is 14. The second kappa shape index (κ2) is 42.9. The van der Waals surface area contributed by atoms with Crippen LogP contribution >= 0.6 is 88.4 Å². The fourth-order valence-electron chi connectivity index (χ4n) is 1.77. The largest absolute Gasteiger partial charge is 0.481 e. The average molecular weight is 841 g/mol. The SMILES string of the molecule is CC(S)CC(=O)O.CC(S)CC(=O)O.CC(S)CC(=O)O.CC(S)CC(=O)O.CC(S)CC(=O)O.CC(S)CC(=O)O.CC(S)CC(=O)O. The summed E-state index contributed by atoms with van der Waals surface area (Å²) in [5, 5.41) is 56.0. The Hall–Kier alpha value is -1.26. The maximum absolute atomic E-state index is 9.76. The van der Waals surface area contributed by atoms with Crippen molar-refractivity contribution in [2.24, 2.45) is 0 Å². The van der Waals surface area contributed by atoms with Gasteiger partial charge in [0.05, 0.1) is 44.9 Å². The summed E-state index contributed by atoms with van der Waals surface area (Å²) in [4.78, 5) is 68.3. The average Bonchev–Trinajstić information content (AvgIpc) is 2.74. The second-order valence-corrected chi connectivity index (χ2v) is 16.3. The lowest BCUT2D eigenvalue weighted by Gasteiger charge is -1.93. The molecule has 0 aliphatic carbocycles. The topological polar surface area (TPSA) is 261 Å². The predicted octanol–water partition coefficient (Wildman–Crippen LogP) is 5.46. The molecule has 14 nitrogen and oxygen atoms in total. The summed E-state index contributed by atoms with van der Waals surface area (Å²) in [6, 6.07) is 0. The van der Waals surface area contributed by atoms with Gasteiger partial charge in [0.1, 0.15) is 0 Å². The minimum Gasteiger partial charge on any atom is -0.481 e. The molecule has 0 fully saturated rings. The van der Waals surface area contributed by atoms with Crippen molar-refractivity contribution in [2.75, 3.05) is 0 Å². The lowest BCUT2D eigenvalue weighted by atomic mass is 10.3. The molecule has 7 N–H and O–H groups in total. The summed E-state index contributed by atoms with van der Waals surface area (Å²) in [5.74, 6) is -5.53. The highest BCUT2D eigenvalue weighted by molar-refractivity contribution is 7.81. The van der Waals surface area contributed by atoms with Gasteiger partial charge in [0.25, 0.3) is 0 Å². The molecule has 0 aromatic heterocycles. The van der Waals surface area contributed by atoms with Gasteiger partial charge in [-0.15, -0.1) is 0 Å². The molecule has 0 amide bonds. The Bertz CT molecular complexity index is 687. The smallest absolute Gasteiger partial charge is 0.304 e. The van der Waals surface area contributed by atoms with Crippen LogP contribution in [0.1, 0.15) is 93.4 Å². The van der Waals surface area contributed by atoms with Gasteiger partial charge in [0.15, 0.2) is 0 Å². The summed E-state index contributed by atoms with van der Waals surface area (Å²) < 4.78 is 0. The molecule has 0 aromatic rings. The minimum atomic E-state index is -0.789. The van der Waals surface area contributed by atoms with Crippen LogP contribution < -0.4 is 0 Å². The first-order chi connectivity index (χ1) is 21.9. The summed E-state index contributed by atoms with van der Waals surface area (Å²) >= 11 is 27.0. The van der Waals surface area contributed by atoms with Gasteiger partial charge >= 0.3 is 41.8 Å². The first kappa shape index (κ1) is 62.8. The monoisotopic (exact) mass is 840 g/mol. The zero-order valence-electron chi connectivity index (χ0n) is 28.6. The zero-order valence-corrected chi connectivity index (χ0v) is 34.9. The Morgan fingerprint density at radius 1 is 0.286 bits per heavy atom. The van der Waals surface area contributed by atoms with Crippen molar-refractivity contribution in [3.63, 3.8) is 0 Å². The van der Waals surface area contributed by atoms with Crippen LogP contribution in [0.15, 0.2) is 0 Å². The van der Waals surface area contributed by atoms with Crippen LogP contribution in [-0.2, 0) is 33.6 Å². The summed E-state index contributed by atoms with van der Waals surface area (Å²) in [5.41, 5.74) is 0. The van der Waals surface area contributed by atoms with E-state index in [9.17, 15) is 33.6 Å². The van der Waals surface area contributed by atoms with Gasteiger partial charge in [-0.2, -0.15) is 88.4 Å². The standard InChI is InChI=1S/7C4H8O2S/c7*1-3(7)2-4(5)6/h7*3,7H,2H2,1H3,(H,5,6). The molecule has 294 valence electrons. The molecular weight excluding hydrogens is 785 g/mol. The van der Waals surface area contributed by atoms with E-state index in [1.807, 2.05) is 0 Å². The molecule has 7 unspecified atom stereocenters. The summed E-state index contributed by atoms with van der Waals surface area (Å²) in [6.07, 6.45) is 0.994. The van der Waals surface area contributed by atoms with Crippen molar-refractivity contribution in [1.82, 2.24) is 0 Å². The third-order valence-corrected chi connectivity index (χ3v) is 4.57. The van der Waals surface area contributed by atoms with E-state index in [2.05, 4.69) is 88.4 Å². The van der Waals surface area contributed by atoms with Crippen molar-refractivity contribution >= 4 is 130 Å². The highest BCUT2D eigenvalue weighted by atomic mass is 32.1. The van der Waals surface area contributed by atoms with E-state index in [0.29, 0.717) is 0 Å². The van der Waals surface area contributed by atoms with Crippen molar-refractivity contribution in [1.29, 1.82) is 0 Å². The van der Waals surface area contributed by atoms with Crippen molar-refractivity contribution in [3.05, 3.63) is 0 Å². The van der Waals surface area contributed by atoms with Gasteiger partial charge in [-0.1, -0.05) is 48.5 Å². The van der Waals surface area contributed by atoms with E-state index in [1.165, 1.54) is 0 Å². The molecule has 0 radical (unpaired) electrons. The molecule has 0 aliphatic heterocycles. The van der Waals surface area contributed by atoms with Crippen LogP contribution in [0.2, 0.25) is 0 Å².